The van der Waals surface area contributed by atoms with Gasteiger partial charge in [-0.1, -0.05) is 20.8 Å². The van der Waals surface area contributed by atoms with E-state index in [1.165, 1.54) is 12.1 Å². The minimum atomic E-state index is -0.572. The van der Waals surface area contributed by atoms with Crippen molar-refractivity contribution in [3.8, 4) is 0 Å². The van der Waals surface area contributed by atoms with Gasteiger partial charge in [-0.3, -0.25) is 20.2 Å². The van der Waals surface area contributed by atoms with E-state index in [4.69, 9.17) is 0 Å². The summed E-state index contributed by atoms with van der Waals surface area (Å²) in [6, 6.07) is 2.80. The van der Waals surface area contributed by atoms with Gasteiger partial charge in [-0.2, -0.15) is 0 Å². The molecule has 0 radical (unpaired) electrons. The molecule has 0 aliphatic heterocycles. The molecule has 0 fully saturated rings. The van der Waals surface area contributed by atoms with E-state index in [9.17, 15) is 20.2 Å². The van der Waals surface area contributed by atoms with E-state index in [0.29, 0.717) is 24.4 Å². The first kappa shape index (κ1) is 16.9. The average Bonchev–Trinajstić information content (AvgIpc) is 2.42. The molecule has 0 atom stereocenters. The summed E-state index contributed by atoms with van der Waals surface area (Å²) in [4.78, 5) is 21.2. The van der Waals surface area contributed by atoms with Gasteiger partial charge in [0.25, 0.3) is 11.4 Å². The Morgan fingerprint density at radius 3 is 2.05 bits per heavy atom. The fourth-order valence-electron chi connectivity index (χ4n) is 2.07. The molecular weight excluding hydrogens is 274 g/mol. The van der Waals surface area contributed by atoms with Gasteiger partial charge < -0.3 is 5.32 Å². The summed E-state index contributed by atoms with van der Waals surface area (Å²) in [7, 11) is 0. The number of nitrogens with zero attached hydrogens (tertiary/aromatic N) is 2. The Morgan fingerprint density at radius 1 is 1.14 bits per heavy atom. The molecule has 1 rings (SSSR count). The van der Waals surface area contributed by atoms with Crippen LogP contribution in [0.3, 0.4) is 0 Å². The average molecular weight is 295 g/mol. The Morgan fingerprint density at radius 2 is 1.67 bits per heavy atom. The lowest BCUT2D eigenvalue weighted by Crippen LogP contribution is -2.08. The molecule has 116 valence electrons. The Bertz CT molecular complexity index is 494. The van der Waals surface area contributed by atoms with Gasteiger partial charge in [-0.25, -0.2) is 0 Å². The zero-order valence-electron chi connectivity index (χ0n) is 12.6. The van der Waals surface area contributed by atoms with E-state index in [0.717, 1.165) is 12.8 Å². The van der Waals surface area contributed by atoms with Gasteiger partial charge in [0.1, 0.15) is 0 Å². The van der Waals surface area contributed by atoms with Crippen LogP contribution in [-0.2, 0) is 6.42 Å². The highest BCUT2D eigenvalue weighted by molar-refractivity contribution is 5.74. The minimum absolute atomic E-state index is 0.00551. The number of nitro benzene ring substituents is 2. The maximum Gasteiger partial charge on any atom is 0.299 e. The summed E-state index contributed by atoms with van der Waals surface area (Å²) >= 11 is 0. The van der Waals surface area contributed by atoms with E-state index < -0.39 is 9.85 Å². The summed E-state index contributed by atoms with van der Waals surface area (Å²) in [5, 5.41) is 25.2. The standard InChI is InChI=1S/C14H21N3O4/c1-4-11-8-12(16(18)19)14(13(9-11)17(20)21)15-7-5-6-10(2)3/h8-10,15H,4-7H2,1-3H3. The maximum atomic E-state index is 11.1. The molecule has 21 heavy (non-hydrogen) atoms. The molecule has 0 aliphatic carbocycles. The monoisotopic (exact) mass is 295 g/mol. The van der Waals surface area contributed by atoms with Crippen molar-refractivity contribution in [3.05, 3.63) is 37.9 Å². The van der Waals surface area contributed by atoms with Gasteiger partial charge in [0.05, 0.1) is 9.85 Å². The highest BCUT2D eigenvalue weighted by atomic mass is 16.6. The smallest absolute Gasteiger partial charge is 0.299 e. The zero-order valence-corrected chi connectivity index (χ0v) is 12.6. The molecule has 1 aromatic carbocycles. The number of hydrogen-bond acceptors (Lipinski definition) is 5. The van der Waals surface area contributed by atoms with Crippen molar-refractivity contribution in [2.24, 2.45) is 5.92 Å². The zero-order chi connectivity index (χ0) is 16.0. The molecule has 0 heterocycles. The number of hydrogen-bond donors (Lipinski definition) is 1. The molecule has 7 heteroatoms. The summed E-state index contributed by atoms with van der Waals surface area (Å²) in [6.45, 7) is 6.45. The van der Waals surface area contributed by atoms with Crippen molar-refractivity contribution in [3.63, 3.8) is 0 Å². The maximum absolute atomic E-state index is 11.1. The molecule has 0 unspecified atom stereocenters. The van der Waals surface area contributed by atoms with Crippen molar-refractivity contribution in [1.29, 1.82) is 0 Å². The van der Waals surface area contributed by atoms with E-state index in [1.54, 1.807) is 6.92 Å². The lowest BCUT2D eigenvalue weighted by Gasteiger charge is -2.10. The van der Waals surface area contributed by atoms with Crippen LogP contribution >= 0.6 is 0 Å². The summed E-state index contributed by atoms with van der Waals surface area (Å²) in [5.41, 5.74) is 0.128. The SMILES string of the molecule is CCc1cc([N+](=O)[O-])c(NCCCC(C)C)c([N+](=O)[O-])c1. The van der Waals surface area contributed by atoms with Crippen molar-refractivity contribution < 1.29 is 9.85 Å². The second-order valence-electron chi connectivity index (χ2n) is 5.34. The number of anilines is 1. The second-order valence-corrected chi connectivity index (χ2v) is 5.34. The Labute approximate surface area is 123 Å². The van der Waals surface area contributed by atoms with Crippen molar-refractivity contribution in [2.75, 3.05) is 11.9 Å². The van der Waals surface area contributed by atoms with E-state index in [1.807, 2.05) is 0 Å². The van der Waals surface area contributed by atoms with E-state index in [2.05, 4.69) is 19.2 Å². The van der Waals surface area contributed by atoms with Crippen LogP contribution in [0.2, 0.25) is 0 Å². The molecule has 0 bridgehead atoms. The predicted octanol–water partition coefficient (Wildman–Crippen LogP) is 3.91. The second kappa shape index (κ2) is 7.56. The third-order valence-corrected chi connectivity index (χ3v) is 3.22. The minimum Gasteiger partial charge on any atom is -0.374 e. The lowest BCUT2D eigenvalue weighted by atomic mass is 10.1. The van der Waals surface area contributed by atoms with Gasteiger partial charge in [-0.05, 0) is 30.7 Å². The molecule has 7 nitrogen and oxygen atoms in total. The topological polar surface area (TPSA) is 98.3 Å². The van der Waals surface area contributed by atoms with Gasteiger partial charge in [0, 0.05) is 18.7 Å². The van der Waals surface area contributed by atoms with Crippen LogP contribution in [0.4, 0.5) is 17.1 Å². The Kier molecular flexibility index (Phi) is 6.08. The van der Waals surface area contributed by atoms with Crippen molar-refractivity contribution in [2.45, 2.75) is 40.0 Å². The van der Waals surface area contributed by atoms with Crippen LogP contribution in [0.5, 0.6) is 0 Å². The van der Waals surface area contributed by atoms with Gasteiger partial charge in [-0.15, -0.1) is 0 Å². The third-order valence-electron chi connectivity index (χ3n) is 3.22. The first-order valence-corrected chi connectivity index (χ1v) is 7.06. The number of rotatable bonds is 8. The largest absolute Gasteiger partial charge is 0.374 e. The van der Waals surface area contributed by atoms with Crippen LogP contribution in [-0.4, -0.2) is 16.4 Å². The van der Waals surface area contributed by atoms with Gasteiger partial charge in [0.15, 0.2) is 5.69 Å². The van der Waals surface area contributed by atoms with E-state index in [-0.39, 0.29) is 17.1 Å². The quantitative estimate of drug-likeness (QED) is 0.445. The van der Waals surface area contributed by atoms with Crippen LogP contribution in [0, 0.1) is 26.1 Å². The van der Waals surface area contributed by atoms with Crippen LogP contribution in [0.25, 0.3) is 0 Å². The Hall–Kier alpha value is -2.18. The molecule has 0 amide bonds. The molecular formula is C14H21N3O4. The fraction of sp³-hybridized carbons (Fsp3) is 0.571. The third kappa shape index (κ3) is 4.70. The predicted molar refractivity (Wildman–Crippen MR) is 81.7 cm³/mol. The molecule has 0 aromatic heterocycles. The summed E-state index contributed by atoms with van der Waals surface area (Å²) in [5.74, 6) is 0.527. The van der Waals surface area contributed by atoms with Crippen LogP contribution in [0.1, 0.15) is 39.2 Å². The first-order valence-electron chi connectivity index (χ1n) is 7.06. The molecule has 1 aromatic rings. The normalized spacial score (nSPS) is 10.7. The number of aryl methyl sites for hydroxylation is 1. The van der Waals surface area contributed by atoms with Crippen LogP contribution < -0.4 is 5.32 Å². The number of benzene rings is 1. The molecule has 0 saturated carbocycles. The van der Waals surface area contributed by atoms with Crippen LogP contribution in [0.15, 0.2) is 12.1 Å². The molecule has 0 saturated heterocycles. The van der Waals surface area contributed by atoms with Crippen molar-refractivity contribution >= 4 is 17.1 Å². The number of nitrogens with one attached hydrogen (secondary N) is 1. The van der Waals surface area contributed by atoms with Crippen molar-refractivity contribution in [1.82, 2.24) is 0 Å². The van der Waals surface area contributed by atoms with Gasteiger partial charge >= 0.3 is 0 Å². The molecule has 1 N–H and O–H groups in total. The summed E-state index contributed by atoms with van der Waals surface area (Å²) < 4.78 is 0. The molecule has 0 aliphatic rings. The number of nitro groups is 2. The highest BCUT2D eigenvalue weighted by Gasteiger charge is 2.26. The van der Waals surface area contributed by atoms with E-state index >= 15 is 0 Å². The lowest BCUT2D eigenvalue weighted by molar-refractivity contribution is -0.392. The molecule has 0 spiro atoms. The van der Waals surface area contributed by atoms with Gasteiger partial charge in [0.2, 0.25) is 0 Å². The fourth-order valence-corrected chi connectivity index (χ4v) is 2.07. The highest BCUT2D eigenvalue weighted by Crippen LogP contribution is 2.35. The summed E-state index contributed by atoms with van der Waals surface area (Å²) in [6.07, 6.45) is 2.28. The Balaban J connectivity index is 3.08. The first-order chi connectivity index (χ1) is 9.86.